The number of amides is 1. The molecule has 1 aliphatic heterocycles. The lowest BCUT2D eigenvalue weighted by atomic mass is 10.1. The number of likely N-dealkylation sites (tertiary alicyclic amines) is 1. The van der Waals surface area contributed by atoms with Gasteiger partial charge in [0.15, 0.2) is 0 Å². The average molecular weight is 332 g/mol. The van der Waals surface area contributed by atoms with Gasteiger partial charge in [0.1, 0.15) is 17.8 Å². The molecular formula is C12H15BrFN3O2. The SMILES string of the molecule is CN1CC[C@@H](Oc2ncc(Br)cc2C(N)=O)[C@H](F)C1. The number of rotatable bonds is 3. The monoisotopic (exact) mass is 331 g/mol. The van der Waals surface area contributed by atoms with E-state index in [1.807, 2.05) is 11.9 Å². The normalized spacial score (nSPS) is 24.2. The zero-order valence-corrected chi connectivity index (χ0v) is 12.1. The second-order valence-electron chi connectivity index (χ2n) is 4.59. The highest BCUT2D eigenvalue weighted by Crippen LogP contribution is 2.24. The molecule has 0 aliphatic carbocycles. The van der Waals surface area contributed by atoms with Gasteiger partial charge in [0, 0.05) is 23.8 Å². The number of piperidine rings is 1. The minimum Gasteiger partial charge on any atom is -0.471 e. The molecule has 104 valence electrons. The molecule has 1 aromatic heterocycles. The summed E-state index contributed by atoms with van der Waals surface area (Å²) >= 11 is 3.20. The first kappa shape index (κ1) is 14.2. The highest BCUT2D eigenvalue weighted by Gasteiger charge is 2.30. The van der Waals surface area contributed by atoms with Gasteiger partial charge in [-0.1, -0.05) is 0 Å². The molecule has 2 atom stereocenters. The predicted octanol–water partition coefficient (Wildman–Crippen LogP) is 1.36. The van der Waals surface area contributed by atoms with E-state index in [0.717, 1.165) is 6.54 Å². The summed E-state index contributed by atoms with van der Waals surface area (Å²) in [5.41, 5.74) is 5.42. The van der Waals surface area contributed by atoms with Crippen LogP contribution in [0.4, 0.5) is 4.39 Å². The van der Waals surface area contributed by atoms with Crippen LogP contribution in [0.25, 0.3) is 0 Å². The molecule has 5 nitrogen and oxygen atoms in total. The van der Waals surface area contributed by atoms with E-state index in [4.69, 9.17) is 10.5 Å². The maximum Gasteiger partial charge on any atom is 0.254 e. The predicted molar refractivity (Wildman–Crippen MR) is 71.9 cm³/mol. The quantitative estimate of drug-likeness (QED) is 0.908. The van der Waals surface area contributed by atoms with E-state index in [0.29, 0.717) is 17.4 Å². The largest absolute Gasteiger partial charge is 0.471 e. The third-order valence-corrected chi connectivity index (χ3v) is 3.46. The van der Waals surface area contributed by atoms with Crippen LogP contribution < -0.4 is 10.5 Å². The number of carbonyl (C=O) groups excluding carboxylic acids is 1. The number of primary amides is 1. The van der Waals surface area contributed by atoms with Crippen molar-refractivity contribution in [2.24, 2.45) is 5.73 Å². The molecule has 0 unspecified atom stereocenters. The molecule has 2 rings (SSSR count). The van der Waals surface area contributed by atoms with E-state index in [1.54, 1.807) is 0 Å². The van der Waals surface area contributed by atoms with E-state index in [2.05, 4.69) is 20.9 Å². The van der Waals surface area contributed by atoms with Crippen molar-refractivity contribution < 1.29 is 13.9 Å². The highest BCUT2D eigenvalue weighted by molar-refractivity contribution is 9.10. The fourth-order valence-electron chi connectivity index (χ4n) is 2.01. The summed E-state index contributed by atoms with van der Waals surface area (Å²) in [6.45, 7) is 1.06. The van der Waals surface area contributed by atoms with Gasteiger partial charge in [-0.3, -0.25) is 4.79 Å². The molecule has 0 saturated carbocycles. The number of halogens is 2. The first-order valence-corrected chi connectivity index (χ1v) is 6.71. The van der Waals surface area contributed by atoms with Crippen molar-refractivity contribution in [2.45, 2.75) is 18.7 Å². The molecule has 1 amide bonds. The summed E-state index contributed by atoms with van der Waals surface area (Å²) < 4.78 is 20.0. The summed E-state index contributed by atoms with van der Waals surface area (Å²) in [4.78, 5) is 17.2. The van der Waals surface area contributed by atoms with Gasteiger partial charge in [0.2, 0.25) is 5.88 Å². The molecule has 1 fully saturated rings. The Morgan fingerprint density at radius 1 is 1.68 bits per heavy atom. The van der Waals surface area contributed by atoms with E-state index in [9.17, 15) is 9.18 Å². The first-order valence-electron chi connectivity index (χ1n) is 5.92. The fraction of sp³-hybridized carbons (Fsp3) is 0.500. The smallest absolute Gasteiger partial charge is 0.254 e. The third-order valence-electron chi connectivity index (χ3n) is 3.03. The van der Waals surface area contributed by atoms with Gasteiger partial charge in [-0.2, -0.15) is 0 Å². The summed E-state index contributed by atoms with van der Waals surface area (Å²) in [5.74, 6) is -0.556. The number of alkyl halides is 1. The van der Waals surface area contributed by atoms with Gasteiger partial charge < -0.3 is 15.4 Å². The van der Waals surface area contributed by atoms with E-state index in [-0.39, 0.29) is 11.4 Å². The van der Waals surface area contributed by atoms with Crippen molar-refractivity contribution in [3.63, 3.8) is 0 Å². The number of nitrogens with two attached hydrogens (primary N) is 1. The average Bonchev–Trinajstić information content (AvgIpc) is 2.34. The summed E-state index contributed by atoms with van der Waals surface area (Å²) in [7, 11) is 1.86. The number of hydrogen-bond donors (Lipinski definition) is 1. The van der Waals surface area contributed by atoms with Crippen LogP contribution in [-0.2, 0) is 0 Å². The van der Waals surface area contributed by atoms with Crippen LogP contribution in [0.3, 0.4) is 0 Å². The molecule has 1 saturated heterocycles. The number of ether oxygens (including phenoxy) is 1. The molecule has 1 aromatic rings. The molecule has 0 bridgehead atoms. The Balaban J connectivity index is 2.17. The van der Waals surface area contributed by atoms with Crippen LogP contribution in [0.15, 0.2) is 16.7 Å². The molecule has 7 heteroatoms. The van der Waals surface area contributed by atoms with Crippen LogP contribution >= 0.6 is 15.9 Å². The Labute approximate surface area is 119 Å². The summed E-state index contributed by atoms with van der Waals surface area (Å²) in [6, 6.07) is 1.52. The fourth-order valence-corrected chi connectivity index (χ4v) is 2.34. The van der Waals surface area contributed by atoms with Crippen molar-refractivity contribution in [1.29, 1.82) is 0 Å². The number of aromatic nitrogens is 1. The highest BCUT2D eigenvalue weighted by atomic mass is 79.9. The van der Waals surface area contributed by atoms with Crippen LogP contribution in [0.1, 0.15) is 16.8 Å². The van der Waals surface area contributed by atoms with Gasteiger partial charge in [0.25, 0.3) is 5.91 Å². The van der Waals surface area contributed by atoms with Crippen molar-refractivity contribution in [1.82, 2.24) is 9.88 Å². The molecular weight excluding hydrogens is 317 g/mol. The maximum atomic E-state index is 13.9. The van der Waals surface area contributed by atoms with Crippen molar-refractivity contribution in [3.8, 4) is 5.88 Å². The van der Waals surface area contributed by atoms with Gasteiger partial charge in [-0.15, -0.1) is 0 Å². The minimum absolute atomic E-state index is 0.0907. The maximum absolute atomic E-state index is 13.9. The second kappa shape index (κ2) is 5.83. The molecule has 2 heterocycles. The van der Waals surface area contributed by atoms with Crippen LogP contribution in [0, 0.1) is 0 Å². The van der Waals surface area contributed by atoms with Gasteiger partial charge >= 0.3 is 0 Å². The topological polar surface area (TPSA) is 68.4 Å². The number of carbonyl (C=O) groups is 1. The van der Waals surface area contributed by atoms with Crippen molar-refractivity contribution in [2.75, 3.05) is 20.1 Å². The van der Waals surface area contributed by atoms with Crippen molar-refractivity contribution >= 4 is 21.8 Å². The van der Waals surface area contributed by atoms with Gasteiger partial charge in [-0.05, 0) is 35.5 Å². The van der Waals surface area contributed by atoms with E-state index < -0.39 is 18.2 Å². The van der Waals surface area contributed by atoms with Gasteiger partial charge in [0.05, 0.1) is 0 Å². The van der Waals surface area contributed by atoms with Crippen LogP contribution in [-0.4, -0.2) is 48.2 Å². The molecule has 1 aliphatic rings. The minimum atomic E-state index is -1.11. The lowest BCUT2D eigenvalue weighted by Crippen LogP contribution is -2.45. The first-order chi connectivity index (χ1) is 8.97. The zero-order valence-electron chi connectivity index (χ0n) is 10.5. The second-order valence-corrected chi connectivity index (χ2v) is 5.51. The number of pyridine rings is 1. The number of nitrogens with zero attached hydrogens (tertiary/aromatic N) is 2. The zero-order chi connectivity index (χ0) is 14.0. The third kappa shape index (κ3) is 3.42. The Kier molecular flexibility index (Phi) is 4.36. The molecule has 19 heavy (non-hydrogen) atoms. The summed E-state index contributed by atoms with van der Waals surface area (Å²) in [5, 5.41) is 0. The molecule has 0 radical (unpaired) electrons. The molecule has 0 spiro atoms. The Morgan fingerprint density at radius 3 is 3.05 bits per heavy atom. The van der Waals surface area contributed by atoms with E-state index >= 15 is 0 Å². The Hall–Kier alpha value is -1.21. The molecule has 2 N–H and O–H groups in total. The van der Waals surface area contributed by atoms with Crippen LogP contribution in [0.5, 0.6) is 5.88 Å². The Morgan fingerprint density at radius 2 is 2.42 bits per heavy atom. The Bertz CT molecular complexity index is 486. The van der Waals surface area contributed by atoms with E-state index in [1.165, 1.54) is 12.3 Å². The standard InChI is InChI=1S/C12H15BrFN3O2/c1-17-3-2-10(9(14)6-17)19-12-8(11(15)18)4-7(13)5-16-12/h4-5,9-10H,2-3,6H2,1H3,(H2,15,18)/t9-,10-/m1/s1. The van der Waals surface area contributed by atoms with Gasteiger partial charge in [-0.25, -0.2) is 9.37 Å². The lowest BCUT2D eigenvalue weighted by Gasteiger charge is -2.32. The van der Waals surface area contributed by atoms with Crippen molar-refractivity contribution in [3.05, 3.63) is 22.3 Å². The number of hydrogen-bond acceptors (Lipinski definition) is 4. The summed E-state index contributed by atoms with van der Waals surface area (Å²) in [6.07, 6.45) is 0.338. The lowest BCUT2D eigenvalue weighted by molar-refractivity contribution is 0.0280. The molecule has 0 aromatic carbocycles. The van der Waals surface area contributed by atoms with Crippen LogP contribution in [0.2, 0.25) is 0 Å².